The van der Waals surface area contributed by atoms with Crippen LogP contribution < -0.4 is 0 Å². The molecule has 0 amide bonds. The molecule has 1 aromatic heterocycles. The summed E-state index contributed by atoms with van der Waals surface area (Å²) in [5, 5.41) is 16.6. The number of carbonyl (C=O) groups excluding carboxylic acids is 1. The van der Waals surface area contributed by atoms with E-state index in [-0.39, 0.29) is 19.8 Å². The number of ether oxygens (including phenoxy) is 1. The van der Waals surface area contributed by atoms with Gasteiger partial charge in [0.1, 0.15) is 12.4 Å². The number of carbonyl (C=O) groups is 1. The zero-order valence-electron chi connectivity index (χ0n) is 12.0. The molecule has 1 rings (SSSR count). The van der Waals surface area contributed by atoms with Crippen molar-refractivity contribution in [3.8, 4) is 0 Å². The summed E-state index contributed by atoms with van der Waals surface area (Å²) in [6.07, 6.45) is 5.36. The number of esters is 1. The van der Waals surface area contributed by atoms with Crippen LogP contribution in [0.3, 0.4) is 0 Å². The lowest BCUT2D eigenvalue weighted by molar-refractivity contribution is -0.140. The Kier molecular flexibility index (Phi) is 11.5. The molecule has 0 spiro atoms. The van der Waals surface area contributed by atoms with Crippen molar-refractivity contribution < 1.29 is 24.2 Å². The van der Waals surface area contributed by atoms with Crippen molar-refractivity contribution in [1.29, 1.82) is 0 Å². The average Bonchev–Trinajstić information content (AvgIpc) is 2.95. The summed E-state index contributed by atoms with van der Waals surface area (Å²) in [5.41, 5.74) is 0.390. The molecule has 0 aliphatic rings. The molecule has 5 nitrogen and oxygen atoms in total. The summed E-state index contributed by atoms with van der Waals surface area (Å²) < 4.78 is 9.77. The highest BCUT2D eigenvalue weighted by Gasteiger charge is 2.03. The van der Waals surface area contributed by atoms with Crippen molar-refractivity contribution in [2.24, 2.45) is 0 Å². The van der Waals surface area contributed by atoms with Gasteiger partial charge in [0.15, 0.2) is 0 Å². The molecule has 114 valence electrons. The van der Waals surface area contributed by atoms with Crippen LogP contribution in [0.5, 0.6) is 0 Å². The average molecular weight is 284 g/mol. The fraction of sp³-hybridized carbons (Fsp3) is 0.533. The van der Waals surface area contributed by atoms with E-state index in [4.69, 9.17) is 19.4 Å². The van der Waals surface area contributed by atoms with Crippen LogP contribution in [-0.4, -0.2) is 29.4 Å². The Labute approximate surface area is 119 Å². The van der Waals surface area contributed by atoms with Gasteiger partial charge in [-0.1, -0.05) is 19.4 Å². The van der Waals surface area contributed by atoms with Crippen LogP contribution in [0.15, 0.2) is 35.0 Å². The van der Waals surface area contributed by atoms with Crippen LogP contribution in [0.25, 0.3) is 0 Å². The summed E-state index contributed by atoms with van der Waals surface area (Å²) in [7, 11) is 0. The monoisotopic (exact) mass is 284 g/mol. The molecule has 0 fully saturated rings. The molecule has 1 heterocycles. The van der Waals surface area contributed by atoms with Crippen LogP contribution in [0, 0.1) is 0 Å². The Morgan fingerprint density at radius 2 is 1.85 bits per heavy atom. The molecule has 2 N–H and O–H groups in total. The van der Waals surface area contributed by atoms with Gasteiger partial charge >= 0.3 is 5.97 Å². The highest BCUT2D eigenvalue weighted by atomic mass is 16.5. The quantitative estimate of drug-likeness (QED) is 0.435. The second-order valence-electron chi connectivity index (χ2n) is 4.30. The summed E-state index contributed by atoms with van der Waals surface area (Å²) in [4.78, 5) is 10.9. The molecule has 0 saturated carbocycles. The smallest absolute Gasteiger partial charge is 0.333 e. The predicted octanol–water partition coefficient (Wildman–Crippen LogP) is 2.43. The molecular formula is C15H24O5. The summed E-state index contributed by atoms with van der Waals surface area (Å²) in [6, 6.07) is 3.48. The van der Waals surface area contributed by atoms with Gasteiger partial charge in [-0.05, 0) is 31.9 Å². The first-order valence-corrected chi connectivity index (χ1v) is 6.68. The van der Waals surface area contributed by atoms with Crippen LogP contribution in [0.2, 0.25) is 0 Å². The van der Waals surface area contributed by atoms with Crippen molar-refractivity contribution in [2.75, 3.05) is 13.2 Å². The zero-order chi connectivity index (χ0) is 15.2. The molecule has 0 aliphatic heterocycles. The molecule has 0 aliphatic carbocycles. The number of hydrogen-bond acceptors (Lipinski definition) is 5. The maximum Gasteiger partial charge on any atom is 0.333 e. The normalized spacial score (nSPS) is 9.55. The van der Waals surface area contributed by atoms with Crippen LogP contribution >= 0.6 is 0 Å². The second kappa shape index (κ2) is 12.4. The van der Waals surface area contributed by atoms with E-state index in [1.807, 2.05) is 0 Å². The molecule has 1 aromatic rings. The van der Waals surface area contributed by atoms with E-state index in [1.165, 1.54) is 6.26 Å². The van der Waals surface area contributed by atoms with Crippen molar-refractivity contribution in [3.05, 3.63) is 36.3 Å². The number of aliphatic hydroxyl groups is 2. The summed E-state index contributed by atoms with van der Waals surface area (Å²) >= 11 is 0. The van der Waals surface area contributed by atoms with Gasteiger partial charge in [0.05, 0.1) is 6.26 Å². The molecule has 0 atom stereocenters. The molecule has 0 radical (unpaired) electrons. The van der Waals surface area contributed by atoms with Crippen LogP contribution in [-0.2, 0) is 16.1 Å². The van der Waals surface area contributed by atoms with E-state index in [9.17, 15) is 4.79 Å². The zero-order valence-corrected chi connectivity index (χ0v) is 12.0. The van der Waals surface area contributed by atoms with Crippen LogP contribution in [0.4, 0.5) is 0 Å². The second-order valence-corrected chi connectivity index (χ2v) is 4.30. The van der Waals surface area contributed by atoms with Gasteiger partial charge < -0.3 is 19.4 Å². The Morgan fingerprint density at radius 1 is 1.25 bits per heavy atom. The number of furan rings is 1. The molecule has 5 heteroatoms. The summed E-state index contributed by atoms with van der Waals surface area (Å²) in [5.74, 6) is 0.232. The lowest BCUT2D eigenvalue weighted by atomic mass is 10.2. The van der Waals surface area contributed by atoms with E-state index in [0.717, 1.165) is 25.7 Å². The lowest BCUT2D eigenvalue weighted by Crippen LogP contribution is -2.04. The minimum absolute atomic E-state index is 0.165. The topological polar surface area (TPSA) is 79.9 Å². The van der Waals surface area contributed by atoms with Crippen molar-refractivity contribution in [2.45, 2.75) is 39.2 Å². The van der Waals surface area contributed by atoms with E-state index in [1.54, 1.807) is 19.1 Å². The third-order valence-corrected chi connectivity index (χ3v) is 2.34. The third-order valence-electron chi connectivity index (χ3n) is 2.34. The van der Waals surface area contributed by atoms with Crippen LogP contribution in [0.1, 0.15) is 38.4 Å². The van der Waals surface area contributed by atoms with Crippen molar-refractivity contribution in [1.82, 2.24) is 0 Å². The Bertz CT molecular complexity index is 350. The first kappa shape index (κ1) is 18.4. The Hall–Kier alpha value is -1.59. The molecule has 0 unspecified atom stereocenters. The predicted molar refractivity (Wildman–Crippen MR) is 76.0 cm³/mol. The van der Waals surface area contributed by atoms with Gasteiger partial charge in [-0.2, -0.15) is 0 Å². The third kappa shape index (κ3) is 10.3. The fourth-order valence-electron chi connectivity index (χ4n) is 1.23. The highest BCUT2D eigenvalue weighted by molar-refractivity contribution is 5.86. The molecule has 0 saturated heterocycles. The first-order chi connectivity index (χ1) is 9.61. The maximum atomic E-state index is 10.9. The number of aliphatic hydroxyl groups excluding tert-OH is 2. The first-order valence-electron chi connectivity index (χ1n) is 6.68. The highest BCUT2D eigenvalue weighted by Crippen LogP contribution is 2.03. The molecular weight excluding hydrogens is 260 g/mol. The lowest BCUT2D eigenvalue weighted by Gasteiger charge is -2.00. The molecule has 20 heavy (non-hydrogen) atoms. The van der Waals surface area contributed by atoms with Gasteiger partial charge in [0, 0.05) is 18.8 Å². The van der Waals surface area contributed by atoms with Crippen molar-refractivity contribution in [3.63, 3.8) is 0 Å². The van der Waals surface area contributed by atoms with Gasteiger partial charge in [0.25, 0.3) is 0 Å². The van der Waals surface area contributed by atoms with Crippen molar-refractivity contribution >= 4 is 5.97 Å². The fourth-order valence-corrected chi connectivity index (χ4v) is 1.23. The van der Waals surface area contributed by atoms with E-state index >= 15 is 0 Å². The summed E-state index contributed by atoms with van der Waals surface area (Å²) in [6.45, 7) is 5.78. The Morgan fingerprint density at radius 3 is 2.25 bits per heavy atom. The number of hydrogen-bond donors (Lipinski definition) is 2. The minimum Gasteiger partial charge on any atom is -0.466 e. The maximum absolute atomic E-state index is 10.9. The molecule has 0 aromatic carbocycles. The Balaban J connectivity index is 0.000000396. The number of unbranched alkanes of at least 4 members (excludes halogenated alkanes) is 3. The van der Waals surface area contributed by atoms with E-state index in [0.29, 0.717) is 11.3 Å². The molecule has 0 bridgehead atoms. The van der Waals surface area contributed by atoms with Gasteiger partial charge in [-0.15, -0.1) is 0 Å². The number of rotatable bonds is 8. The standard InChI is InChI=1S/C9H10O3.C6H14O2/c1-7(2)9(10)12-6-8-4-3-5-11-8;7-5-3-1-2-4-6-8/h3-5H,1,6H2,2H3;7-8H,1-6H2. The van der Waals surface area contributed by atoms with Gasteiger partial charge in [-0.25, -0.2) is 4.79 Å². The van der Waals surface area contributed by atoms with Gasteiger partial charge in [-0.3, -0.25) is 0 Å². The van der Waals surface area contributed by atoms with E-state index < -0.39 is 5.97 Å². The van der Waals surface area contributed by atoms with Gasteiger partial charge in [0.2, 0.25) is 0 Å². The largest absolute Gasteiger partial charge is 0.466 e. The minimum atomic E-state index is -0.397. The SMILES string of the molecule is C=C(C)C(=O)OCc1ccco1.OCCCCCCO. The van der Waals surface area contributed by atoms with E-state index in [2.05, 4.69) is 6.58 Å².